The second-order valence-corrected chi connectivity index (χ2v) is 4.99. The van der Waals surface area contributed by atoms with E-state index in [0.29, 0.717) is 5.69 Å². The smallest absolute Gasteiger partial charge is 0.307 e. The molecule has 21 heavy (non-hydrogen) atoms. The lowest BCUT2D eigenvalue weighted by atomic mass is 10.1. The molecule has 6 heteroatoms. The fourth-order valence-electron chi connectivity index (χ4n) is 1.94. The first kappa shape index (κ1) is 17.1. The average molecular weight is 294 g/mol. The van der Waals surface area contributed by atoms with Gasteiger partial charge in [-0.3, -0.25) is 14.5 Å². The third-order valence-corrected chi connectivity index (χ3v) is 3.29. The maximum atomic E-state index is 12.2. The Balaban J connectivity index is 2.68. The van der Waals surface area contributed by atoms with Gasteiger partial charge >= 0.3 is 5.97 Å². The Kier molecular flexibility index (Phi) is 6.84. The first-order valence-corrected chi connectivity index (χ1v) is 6.89. The van der Waals surface area contributed by atoms with Gasteiger partial charge in [0, 0.05) is 18.8 Å². The number of hydrogen-bond acceptors (Lipinski definition) is 4. The normalized spacial score (nSPS) is 13.7. The van der Waals surface area contributed by atoms with Gasteiger partial charge in [0.2, 0.25) is 5.91 Å². The molecule has 0 aliphatic heterocycles. The standard InChI is InChI=1S/C15H22N2O4/c1-11(15(20)21)10-17(8-9-18)12(2)14(19)16-13-6-4-3-5-7-13/h3-7,11-12,18H,8-10H2,1-2H3,(H,16,19)(H,20,21). The molecule has 6 nitrogen and oxygen atoms in total. The first-order valence-electron chi connectivity index (χ1n) is 6.89. The van der Waals surface area contributed by atoms with E-state index >= 15 is 0 Å². The highest BCUT2D eigenvalue weighted by molar-refractivity contribution is 5.94. The topological polar surface area (TPSA) is 89.9 Å². The number of carboxylic acids is 1. The van der Waals surface area contributed by atoms with Crippen molar-refractivity contribution in [2.24, 2.45) is 5.92 Å². The lowest BCUT2D eigenvalue weighted by molar-refractivity contribution is -0.142. The van der Waals surface area contributed by atoms with E-state index in [1.807, 2.05) is 18.2 Å². The molecule has 0 saturated carbocycles. The maximum Gasteiger partial charge on any atom is 0.307 e. The highest BCUT2D eigenvalue weighted by Gasteiger charge is 2.24. The minimum Gasteiger partial charge on any atom is -0.481 e. The summed E-state index contributed by atoms with van der Waals surface area (Å²) in [5.74, 6) is -1.76. The van der Waals surface area contributed by atoms with Crippen molar-refractivity contribution >= 4 is 17.6 Å². The molecule has 2 unspecified atom stereocenters. The molecule has 1 aromatic carbocycles. The number of para-hydroxylation sites is 1. The Hall–Kier alpha value is -1.92. The van der Waals surface area contributed by atoms with Crippen LogP contribution in [0.1, 0.15) is 13.8 Å². The van der Waals surface area contributed by atoms with Crippen LogP contribution in [0.15, 0.2) is 30.3 Å². The number of carbonyl (C=O) groups is 2. The molecule has 0 aliphatic rings. The summed E-state index contributed by atoms with van der Waals surface area (Å²) < 4.78 is 0. The molecule has 2 atom stereocenters. The van der Waals surface area contributed by atoms with E-state index in [-0.39, 0.29) is 25.6 Å². The third-order valence-electron chi connectivity index (χ3n) is 3.29. The number of anilines is 1. The van der Waals surface area contributed by atoms with Crippen LogP contribution in [-0.2, 0) is 9.59 Å². The van der Waals surface area contributed by atoms with Crippen molar-refractivity contribution in [1.82, 2.24) is 4.90 Å². The molecule has 0 bridgehead atoms. The number of nitrogens with one attached hydrogen (secondary N) is 1. The molecule has 0 saturated heterocycles. The van der Waals surface area contributed by atoms with Gasteiger partial charge in [-0.15, -0.1) is 0 Å². The SMILES string of the molecule is CC(CN(CCO)C(C)C(=O)Nc1ccccc1)C(=O)O. The summed E-state index contributed by atoms with van der Waals surface area (Å²) in [7, 11) is 0. The fourth-order valence-corrected chi connectivity index (χ4v) is 1.94. The summed E-state index contributed by atoms with van der Waals surface area (Å²) in [5.41, 5.74) is 0.685. The minimum absolute atomic E-state index is 0.130. The summed E-state index contributed by atoms with van der Waals surface area (Å²) in [6.07, 6.45) is 0. The van der Waals surface area contributed by atoms with Crippen molar-refractivity contribution in [1.29, 1.82) is 0 Å². The lowest BCUT2D eigenvalue weighted by Crippen LogP contribution is -2.46. The number of aliphatic carboxylic acids is 1. The van der Waals surface area contributed by atoms with Crippen LogP contribution in [-0.4, -0.2) is 52.7 Å². The van der Waals surface area contributed by atoms with E-state index in [1.54, 1.807) is 30.9 Å². The zero-order valence-electron chi connectivity index (χ0n) is 12.3. The Labute approximate surface area is 124 Å². The van der Waals surface area contributed by atoms with Gasteiger partial charge in [0.1, 0.15) is 0 Å². The van der Waals surface area contributed by atoms with E-state index in [2.05, 4.69) is 5.32 Å². The number of aliphatic hydroxyl groups is 1. The van der Waals surface area contributed by atoms with Crippen LogP contribution in [0.5, 0.6) is 0 Å². The van der Waals surface area contributed by atoms with Gasteiger partial charge in [0.25, 0.3) is 0 Å². The van der Waals surface area contributed by atoms with Gasteiger partial charge in [0.05, 0.1) is 18.6 Å². The predicted molar refractivity (Wildman–Crippen MR) is 80.0 cm³/mol. The number of benzene rings is 1. The number of carbonyl (C=O) groups excluding carboxylic acids is 1. The third kappa shape index (κ3) is 5.53. The molecule has 116 valence electrons. The summed E-state index contributed by atoms with van der Waals surface area (Å²) in [6, 6.07) is 8.52. The molecule has 1 rings (SSSR count). The number of carboxylic acid groups (broad SMARTS) is 1. The Morgan fingerprint density at radius 3 is 2.38 bits per heavy atom. The fraction of sp³-hybridized carbons (Fsp3) is 0.467. The molecule has 0 heterocycles. The van der Waals surface area contributed by atoms with Crippen LogP contribution in [0.25, 0.3) is 0 Å². The number of rotatable bonds is 8. The molecule has 0 aromatic heterocycles. The van der Waals surface area contributed by atoms with Gasteiger partial charge < -0.3 is 15.5 Å². The molecule has 3 N–H and O–H groups in total. The Bertz CT molecular complexity index is 464. The van der Waals surface area contributed by atoms with E-state index in [1.165, 1.54) is 0 Å². The average Bonchev–Trinajstić information content (AvgIpc) is 2.46. The minimum atomic E-state index is -0.923. The van der Waals surface area contributed by atoms with Gasteiger partial charge in [-0.1, -0.05) is 25.1 Å². The highest BCUT2D eigenvalue weighted by atomic mass is 16.4. The molecule has 0 spiro atoms. The summed E-state index contributed by atoms with van der Waals surface area (Å²) in [5, 5.41) is 20.8. The van der Waals surface area contributed by atoms with E-state index in [0.717, 1.165) is 0 Å². The largest absolute Gasteiger partial charge is 0.481 e. The molecule has 1 aromatic rings. The highest BCUT2D eigenvalue weighted by Crippen LogP contribution is 2.10. The van der Waals surface area contributed by atoms with Crippen molar-refractivity contribution in [3.05, 3.63) is 30.3 Å². The number of aliphatic hydroxyl groups excluding tert-OH is 1. The van der Waals surface area contributed by atoms with Crippen LogP contribution < -0.4 is 5.32 Å². The molecule has 1 amide bonds. The molecule has 0 fully saturated rings. The number of nitrogens with zero attached hydrogens (tertiary/aromatic N) is 1. The maximum absolute atomic E-state index is 12.2. The second kappa shape index (κ2) is 8.39. The molecular weight excluding hydrogens is 272 g/mol. The van der Waals surface area contributed by atoms with E-state index < -0.39 is 17.9 Å². The van der Waals surface area contributed by atoms with Crippen LogP contribution in [0, 0.1) is 5.92 Å². The van der Waals surface area contributed by atoms with Crippen molar-refractivity contribution in [2.75, 3.05) is 25.0 Å². The van der Waals surface area contributed by atoms with Gasteiger partial charge in [-0.25, -0.2) is 0 Å². The van der Waals surface area contributed by atoms with Crippen molar-refractivity contribution in [3.8, 4) is 0 Å². The molecule has 0 aliphatic carbocycles. The van der Waals surface area contributed by atoms with Crippen molar-refractivity contribution < 1.29 is 19.8 Å². The molecular formula is C15H22N2O4. The van der Waals surface area contributed by atoms with Crippen molar-refractivity contribution in [2.45, 2.75) is 19.9 Å². The first-order chi connectivity index (χ1) is 9.95. The zero-order chi connectivity index (χ0) is 15.8. The quantitative estimate of drug-likeness (QED) is 0.666. The van der Waals surface area contributed by atoms with Crippen LogP contribution in [0.4, 0.5) is 5.69 Å². The molecule has 0 radical (unpaired) electrons. The lowest BCUT2D eigenvalue weighted by Gasteiger charge is -2.28. The Morgan fingerprint density at radius 2 is 1.86 bits per heavy atom. The Morgan fingerprint density at radius 1 is 1.24 bits per heavy atom. The van der Waals surface area contributed by atoms with Crippen LogP contribution in [0.3, 0.4) is 0 Å². The summed E-state index contributed by atoms with van der Waals surface area (Å²) >= 11 is 0. The van der Waals surface area contributed by atoms with Crippen LogP contribution >= 0.6 is 0 Å². The van der Waals surface area contributed by atoms with Crippen molar-refractivity contribution in [3.63, 3.8) is 0 Å². The van der Waals surface area contributed by atoms with Gasteiger partial charge in [0.15, 0.2) is 0 Å². The van der Waals surface area contributed by atoms with E-state index in [4.69, 9.17) is 10.2 Å². The zero-order valence-corrected chi connectivity index (χ0v) is 12.3. The predicted octanol–water partition coefficient (Wildman–Crippen LogP) is 1.03. The summed E-state index contributed by atoms with van der Waals surface area (Å²) in [4.78, 5) is 24.8. The van der Waals surface area contributed by atoms with E-state index in [9.17, 15) is 9.59 Å². The van der Waals surface area contributed by atoms with Crippen LogP contribution in [0.2, 0.25) is 0 Å². The number of hydrogen-bond donors (Lipinski definition) is 3. The monoisotopic (exact) mass is 294 g/mol. The second-order valence-electron chi connectivity index (χ2n) is 4.99. The van der Waals surface area contributed by atoms with Gasteiger partial charge in [-0.05, 0) is 19.1 Å². The van der Waals surface area contributed by atoms with Gasteiger partial charge in [-0.2, -0.15) is 0 Å². The summed E-state index contributed by atoms with van der Waals surface area (Å²) in [6.45, 7) is 3.60. The number of amides is 1.